The minimum Gasteiger partial charge on any atom is -0.295 e. The van der Waals surface area contributed by atoms with Crippen molar-refractivity contribution in [2.24, 2.45) is 23.7 Å². The first-order valence-electron chi connectivity index (χ1n) is 15.7. The lowest BCUT2D eigenvalue weighted by Gasteiger charge is -2.33. The molecule has 1 aliphatic rings. The molecule has 1 fully saturated rings. The first-order chi connectivity index (χ1) is 21.6. The Morgan fingerprint density at radius 3 is 2.11 bits per heavy atom. The maximum atomic E-state index is 13.6. The molecule has 3 rings (SSSR count). The molecule has 3 atom stereocenters. The molecule has 0 radical (unpaired) electrons. The van der Waals surface area contributed by atoms with Crippen LogP contribution in [0.3, 0.4) is 0 Å². The van der Waals surface area contributed by atoms with Crippen LogP contribution < -0.4 is 10.9 Å². The van der Waals surface area contributed by atoms with Gasteiger partial charge in [-0.2, -0.15) is 8.42 Å². The van der Waals surface area contributed by atoms with Crippen LogP contribution in [0.4, 0.5) is 0 Å². The van der Waals surface area contributed by atoms with E-state index in [-0.39, 0.29) is 41.0 Å². The average Bonchev–Trinajstić information content (AvgIpc) is 3.43. The molecule has 2 aromatic carbocycles. The Labute approximate surface area is 273 Å². The predicted octanol–water partition coefficient (Wildman–Crippen LogP) is 4.73. The number of hydrogen-bond donors (Lipinski definition) is 4. The van der Waals surface area contributed by atoms with Gasteiger partial charge in [0.15, 0.2) is 0 Å². The molecule has 0 unspecified atom stereocenters. The fourth-order valence-electron chi connectivity index (χ4n) is 5.30. The smallest absolute Gasteiger partial charge is 0.294 e. The fraction of sp³-hybridized carbons (Fsp3) is 0.500. The summed E-state index contributed by atoms with van der Waals surface area (Å²) in [4.78, 5) is 41.5. The quantitative estimate of drug-likeness (QED) is 0.145. The third-order valence-electron chi connectivity index (χ3n) is 7.68. The molecule has 12 heteroatoms. The first-order valence-corrected chi connectivity index (χ1v) is 17.1. The lowest BCUT2D eigenvalue weighted by atomic mass is 9.82. The van der Waals surface area contributed by atoms with E-state index in [9.17, 15) is 28.0 Å². The summed E-state index contributed by atoms with van der Waals surface area (Å²) in [5.74, 6) is -2.33. The average molecular weight is 659 g/mol. The number of nitrogens with zero attached hydrogens (tertiary/aromatic N) is 2. The standard InChI is InChI=1S/C27H42N4O4.C7H8O3S/c1-19(2)17-23(22(26(33)29-35)14-9-13-21-11-7-6-8-12-21)25(32)28-31(18-20(3)4)27(34)24-15-10-16-30(24)5;1-6-2-4-7(5-3-6)11(8,9)10/h6-9,11-13,19-20,22-24,35H,10,14-18H2,1-5H3,(H,28,32)(H,29,33);2-5H,1H3,(H,8,9,10)/b13-9+;/t22-,23+,24+;/m0./s1. The Morgan fingerprint density at radius 1 is 0.978 bits per heavy atom. The van der Waals surface area contributed by atoms with Crippen LogP contribution in [0.2, 0.25) is 0 Å². The second-order valence-corrected chi connectivity index (χ2v) is 14.0. The Hall–Kier alpha value is -3.58. The van der Waals surface area contributed by atoms with Gasteiger partial charge in [-0.25, -0.2) is 5.48 Å². The topological polar surface area (TPSA) is 156 Å². The van der Waals surface area contributed by atoms with E-state index >= 15 is 0 Å². The molecule has 46 heavy (non-hydrogen) atoms. The number of likely N-dealkylation sites (tertiary alicyclic amines) is 1. The van der Waals surface area contributed by atoms with Gasteiger partial charge in [0.25, 0.3) is 16.0 Å². The maximum Gasteiger partial charge on any atom is 0.294 e. The summed E-state index contributed by atoms with van der Waals surface area (Å²) in [6.07, 6.45) is 6.16. The van der Waals surface area contributed by atoms with Gasteiger partial charge < -0.3 is 0 Å². The highest BCUT2D eigenvalue weighted by atomic mass is 32.2. The zero-order valence-electron chi connectivity index (χ0n) is 27.7. The molecule has 2 aromatic rings. The highest BCUT2D eigenvalue weighted by molar-refractivity contribution is 7.85. The van der Waals surface area contributed by atoms with Crippen LogP contribution in [-0.4, -0.2) is 72.0 Å². The molecule has 11 nitrogen and oxygen atoms in total. The molecule has 0 aromatic heterocycles. The van der Waals surface area contributed by atoms with Crippen molar-refractivity contribution in [1.82, 2.24) is 20.8 Å². The lowest BCUT2D eigenvalue weighted by Crippen LogP contribution is -2.56. The lowest BCUT2D eigenvalue weighted by molar-refractivity contribution is -0.149. The second kappa shape index (κ2) is 18.5. The van der Waals surface area contributed by atoms with Crippen LogP contribution in [-0.2, 0) is 24.5 Å². The van der Waals surface area contributed by atoms with E-state index in [4.69, 9.17) is 4.55 Å². The number of likely N-dealkylation sites (N-methyl/N-ethyl adjacent to an activating group) is 1. The number of nitrogens with one attached hydrogen (secondary N) is 2. The number of hydroxylamine groups is 1. The predicted molar refractivity (Wildman–Crippen MR) is 178 cm³/mol. The van der Waals surface area contributed by atoms with E-state index in [0.29, 0.717) is 13.0 Å². The number of hydrogen-bond acceptors (Lipinski definition) is 7. The Kier molecular flexibility index (Phi) is 15.6. The van der Waals surface area contributed by atoms with Crippen LogP contribution in [0.5, 0.6) is 0 Å². The summed E-state index contributed by atoms with van der Waals surface area (Å²) in [5.41, 5.74) is 6.53. The Morgan fingerprint density at radius 2 is 1.61 bits per heavy atom. The normalized spacial score (nSPS) is 16.5. The Bertz CT molecular complexity index is 1400. The highest BCUT2D eigenvalue weighted by Crippen LogP contribution is 2.26. The van der Waals surface area contributed by atoms with Gasteiger partial charge in [0.2, 0.25) is 11.8 Å². The SMILES string of the molecule is CC(C)C[C@@H](C(=O)NN(CC(C)C)C(=O)[C@H]1CCCN1C)[C@H](C/C=C/c1ccccc1)C(=O)NO.Cc1ccc(S(=O)(=O)O)cc1. The van der Waals surface area contributed by atoms with E-state index in [1.54, 1.807) is 17.6 Å². The van der Waals surface area contributed by atoms with Gasteiger partial charge in [-0.3, -0.25) is 39.5 Å². The number of rotatable bonds is 12. The first kappa shape index (κ1) is 38.6. The van der Waals surface area contributed by atoms with Crippen LogP contribution in [0.15, 0.2) is 65.6 Å². The summed E-state index contributed by atoms with van der Waals surface area (Å²) < 4.78 is 29.6. The molecule has 4 N–H and O–H groups in total. The number of carbonyl (C=O) groups excluding carboxylic acids is 3. The molecule has 254 valence electrons. The number of allylic oxidation sites excluding steroid dienone is 1. The molecule has 3 amide bonds. The van der Waals surface area contributed by atoms with Crippen molar-refractivity contribution >= 4 is 33.9 Å². The van der Waals surface area contributed by atoms with Crippen molar-refractivity contribution in [2.75, 3.05) is 20.1 Å². The van der Waals surface area contributed by atoms with Crippen molar-refractivity contribution < 1.29 is 32.6 Å². The maximum absolute atomic E-state index is 13.6. The third-order valence-corrected chi connectivity index (χ3v) is 8.55. The summed E-state index contributed by atoms with van der Waals surface area (Å²) in [6.45, 7) is 11.0. The highest BCUT2D eigenvalue weighted by Gasteiger charge is 2.37. The van der Waals surface area contributed by atoms with Gasteiger partial charge in [-0.1, -0.05) is 87.9 Å². The number of amides is 3. The molecule has 0 bridgehead atoms. The van der Waals surface area contributed by atoms with Gasteiger partial charge >= 0.3 is 0 Å². The summed E-state index contributed by atoms with van der Waals surface area (Å²) in [7, 11) is -2.10. The number of aryl methyl sites for hydroxylation is 1. The zero-order valence-corrected chi connectivity index (χ0v) is 28.5. The number of hydrazine groups is 1. The van der Waals surface area contributed by atoms with Gasteiger partial charge in [0.1, 0.15) is 0 Å². The zero-order chi connectivity index (χ0) is 34.4. The molecule has 1 aliphatic heterocycles. The van der Waals surface area contributed by atoms with E-state index < -0.39 is 27.9 Å². The Balaban J connectivity index is 0.000000562. The van der Waals surface area contributed by atoms with Crippen LogP contribution in [0.25, 0.3) is 6.08 Å². The van der Waals surface area contributed by atoms with Crippen molar-refractivity contribution in [3.05, 3.63) is 71.8 Å². The number of carbonyl (C=O) groups is 3. The van der Waals surface area contributed by atoms with Crippen molar-refractivity contribution in [2.45, 2.75) is 71.2 Å². The molecule has 1 saturated heterocycles. The second-order valence-electron chi connectivity index (χ2n) is 12.6. The van der Waals surface area contributed by atoms with Gasteiger partial charge in [-0.05, 0) is 75.7 Å². The van der Waals surface area contributed by atoms with E-state index in [1.807, 2.05) is 89.1 Å². The molecule has 0 saturated carbocycles. The summed E-state index contributed by atoms with van der Waals surface area (Å²) in [5, 5.41) is 10.9. The summed E-state index contributed by atoms with van der Waals surface area (Å²) in [6, 6.07) is 15.4. The summed E-state index contributed by atoms with van der Waals surface area (Å²) >= 11 is 0. The van der Waals surface area contributed by atoms with Gasteiger partial charge in [-0.15, -0.1) is 0 Å². The molecule has 0 spiro atoms. The minimum atomic E-state index is -4.02. The van der Waals surface area contributed by atoms with E-state index in [0.717, 1.165) is 30.5 Å². The third kappa shape index (κ3) is 12.7. The molecule has 1 heterocycles. The largest absolute Gasteiger partial charge is 0.295 e. The van der Waals surface area contributed by atoms with Gasteiger partial charge in [0.05, 0.1) is 22.8 Å². The van der Waals surface area contributed by atoms with Crippen LogP contribution >= 0.6 is 0 Å². The minimum absolute atomic E-state index is 0.0666. The fourth-order valence-corrected chi connectivity index (χ4v) is 5.78. The van der Waals surface area contributed by atoms with Crippen LogP contribution in [0, 0.1) is 30.6 Å². The van der Waals surface area contributed by atoms with E-state index in [1.165, 1.54) is 17.1 Å². The number of benzene rings is 2. The van der Waals surface area contributed by atoms with Crippen molar-refractivity contribution in [3.63, 3.8) is 0 Å². The van der Waals surface area contributed by atoms with Gasteiger partial charge in [0, 0.05) is 6.54 Å². The molecule has 0 aliphatic carbocycles. The molecular weight excluding hydrogens is 608 g/mol. The van der Waals surface area contributed by atoms with Crippen LogP contribution in [0.1, 0.15) is 64.5 Å². The van der Waals surface area contributed by atoms with Crippen molar-refractivity contribution in [1.29, 1.82) is 0 Å². The van der Waals surface area contributed by atoms with E-state index in [2.05, 4.69) is 5.43 Å². The monoisotopic (exact) mass is 658 g/mol. The van der Waals surface area contributed by atoms with Crippen molar-refractivity contribution in [3.8, 4) is 0 Å². The molecular formula is C34H50N4O7S.